The van der Waals surface area contributed by atoms with Crippen molar-refractivity contribution in [1.29, 1.82) is 0 Å². The van der Waals surface area contributed by atoms with Crippen molar-refractivity contribution in [3.8, 4) is 11.5 Å². The van der Waals surface area contributed by atoms with E-state index < -0.39 is 5.92 Å². The number of aryl methyl sites for hydroxylation is 1. The van der Waals surface area contributed by atoms with Crippen LogP contribution in [0.2, 0.25) is 0 Å². The van der Waals surface area contributed by atoms with Crippen LogP contribution in [0.5, 0.6) is 11.5 Å². The zero-order chi connectivity index (χ0) is 23.7. The van der Waals surface area contributed by atoms with Gasteiger partial charge >= 0.3 is 0 Å². The Kier molecular flexibility index (Phi) is 6.22. The van der Waals surface area contributed by atoms with Crippen LogP contribution in [0.1, 0.15) is 43.9 Å². The molecule has 2 heterocycles. The SMILES string of the molecule is COc1ccc([C@@H]2C(C(=O)Nc3cccc(C)n3)=C(C)NC3=C2C(=O)C[C@H](C)C3)c(OC)c1. The molecule has 0 bridgehead atoms. The highest BCUT2D eigenvalue weighted by molar-refractivity contribution is 6.09. The molecular weight excluding hydrogens is 418 g/mol. The Labute approximate surface area is 193 Å². The summed E-state index contributed by atoms with van der Waals surface area (Å²) in [5.74, 6) is 1.08. The van der Waals surface area contributed by atoms with Crippen molar-refractivity contribution in [2.45, 2.75) is 39.5 Å². The Morgan fingerprint density at radius 1 is 1.12 bits per heavy atom. The van der Waals surface area contributed by atoms with E-state index in [9.17, 15) is 9.59 Å². The molecule has 2 aliphatic rings. The highest BCUT2D eigenvalue weighted by Gasteiger charge is 2.41. The van der Waals surface area contributed by atoms with Crippen molar-refractivity contribution in [3.05, 3.63) is 70.2 Å². The molecule has 1 aliphatic carbocycles. The van der Waals surface area contributed by atoms with E-state index in [1.54, 1.807) is 26.4 Å². The van der Waals surface area contributed by atoms with Crippen molar-refractivity contribution in [3.63, 3.8) is 0 Å². The Morgan fingerprint density at radius 3 is 2.61 bits per heavy atom. The molecule has 1 aliphatic heterocycles. The largest absolute Gasteiger partial charge is 0.497 e. The standard InChI is InChI=1S/C26H29N3O4/c1-14-11-19-25(20(30)12-14)24(18-10-9-17(32-4)13-21(18)33-5)23(16(3)28-19)26(31)29-22-8-6-7-15(2)27-22/h6-10,13-14,24,28H,11-12H2,1-5H3,(H,27,29,31)/t14-,24-/m1/s1. The van der Waals surface area contributed by atoms with Crippen LogP contribution >= 0.6 is 0 Å². The average molecular weight is 448 g/mol. The highest BCUT2D eigenvalue weighted by Crippen LogP contribution is 2.46. The fourth-order valence-corrected chi connectivity index (χ4v) is 4.70. The lowest BCUT2D eigenvalue weighted by molar-refractivity contribution is -0.117. The van der Waals surface area contributed by atoms with Crippen molar-refractivity contribution in [1.82, 2.24) is 10.3 Å². The minimum Gasteiger partial charge on any atom is -0.497 e. The van der Waals surface area contributed by atoms with Gasteiger partial charge in [-0.05, 0) is 44.4 Å². The maximum absolute atomic E-state index is 13.6. The molecule has 0 saturated carbocycles. The fourth-order valence-electron chi connectivity index (χ4n) is 4.70. The molecule has 1 aromatic heterocycles. The molecule has 172 valence electrons. The van der Waals surface area contributed by atoms with Gasteiger partial charge < -0.3 is 20.1 Å². The number of hydrogen-bond acceptors (Lipinski definition) is 6. The molecule has 0 saturated heterocycles. The molecule has 1 amide bonds. The average Bonchev–Trinajstić information content (AvgIpc) is 2.77. The maximum atomic E-state index is 13.6. The molecule has 1 aromatic carbocycles. The van der Waals surface area contributed by atoms with E-state index in [-0.39, 0.29) is 17.6 Å². The van der Waals surface area contributed by atoms with E-state index in [2.05, 4.69) is 22.5 Å². The van der Waals surface area contributed by atoms with Crippen molar-refractivity contribution >= 4 is 17.5 Å². The summed E-state index contributed by atoms with van der Waals surface area (Å²) in [5, 5.41) is 6.27. The minimum atomic E-state index is -0.563. The molecule has 0 unspecified atom stereocenters. The maximum Gasteiger partial charge on any atom is 0.255 e. The molecule has 2 atom stereocenters. The van der Waals surface area contributed by atoms with E-state index in [4.69, 9.17) is 9.47 Å². The van der Waals surface area contributed by atoms with Crippen LogP contribution in [0.25, 0.3) is 0 Å². The molecule has 0 fully saturated rings. The number of aromatic nitrogens is 1. The molecule has 0 radical (unpaired) electrons. The monoisotopic (exact) mass is 447 g/mol. The molecule has 7 nitrogen and oxygen atoms in total. The lowest BCUT2D eigenvalue weighted by atomic mass is 9.73. The molecular formula is C26H29N3O4. The zero-order valence-electron chi connectivity index (χ0n) is 19.6. The summed E-state index contributed by atoms with van der Waals surface area (Å²) in [7, 11) is 3.16. The number of carbonyl (C=O) groups excluding carboxylic acids is 2. The fraction of sp³-hybridized carbons (Fsp3) is 0.346. The van der Waals surface area contributed by atoms with Gasteiger partial charge in [0.05, 0.1) is 20.1 Å². The summed E-state index contributed by atoms with van der Waals surface area (Å²) in [5.41, 5.74) is 4.24. The second-order valence-electron chi connectivity index (χ2n) is 8.65. The molecule has 2 aromatic rings. The van der Waals surface area contributed by atoms with Crippen molar-refractivity contribution < 1.29 is 19.1 Å². The number of allylic oxidation sites excluding steroid dienone is 3. The molecule has 33 heavy (non-hydrogen) atoms. The Hall–Kier alpha value is -3.61. The van der Waals surface area contributed by atoms with Crippen LogP contribution in [-0.4, -0.2) is 30.9 Å². The van der Waals surface area contributed by atoms with Gasteiger partial charge in [0.2, 0.25) is 0 Å². The summed E-state index contributed by atoms with van der Waals surface area (Å²) < 4.78 is 11.0. The number of anilines is 1. The van der Waals surface area contributed by atoms with Gasteiger partial charge in [0.15, 0.2) is 5.78 Å². The number of benzene rings is 1. The third-order valence-corrected chi connectivity index (χ3v) is 6.16. The number of Topliss-reactive ketones (excluding diaryl/α,β-unsaturated/α-hetero) is 1. The minimum absolute atomic E-state index is 0.0469. The van der Waals surface area contributed by atoms with E-state index in [0.29, 0.717) is 40.6 Å². The topological polar surface area (TPSA) is 89.5 Å². The first-order valence-electron chi connectivity index (χ1n) is 11.0. The number of dihydropyridines is 1. The summed E-state index contributed by atoms with van der Waals surface area (Å²) in [6.45, 7) is 5.80. The summed E-state index contributed by atoms with van der Waals surface area (Å²) in [6.07, 6.45) is 1.20. The summed E-state index contributed by atoms with van der Waals surface area (Å²) in [4.78, 5) is 31.3. The quantitative estimate of drug-likeness (QED) is 0.712. The van der Waals surface area contributed by atoms with Gasteiger partial charge in [-0.3, -0.25) is 9.59 Å². The van der Waals surface area contributed by atoms with Gasteiger partial charge in [0, 0.05) is 46.3 Å². The second kappa shape index (κ2) is 9.10. The van der Waals surface area contributed by atoms with Crippen LogP contribution in [-0.2, 0) is 9.59 Å². The van der Waals surface area contributed by atoms with Crippen LogP contribution in [0.15, 0.2) is 58.9 Å². The Morgan fingerprint density at radius 2 is 1.91 bits per heavy atom. The lowest BCUT2D eigenvalue weighted by Gasteiger charge is -2.36. The molecule has 4 rings (SSSR count). The first kappa shape index (κ1) is 22.6. The summed E-state index contributed by atoms with van der Waals surface area (Å²) in [6, 6.07) is 10.9. The van der Waals surface area contributed by atoms with Crippen molar-refractivity contribution in [2.75, 3.05) is 19.5 Å². The smallest absolute Gasteiger partial charge is 0.255 e. The Balaban J connectivity index is 1.85. The van der Waals surface area contributed by atoms with E-state index in [1.807, 2.05) is 38.1 Å². The highest BCUT2D eigenvalue weighted by atomic mass is 16.5. The third kappa shape index (κ3) is 4.35. The van der Waals surface area contributed by atoms with E-state index in [0.717, 1.165) is 23.4 Å². The predicted octanol–water partition coefficient (Wildman–Crippen LogP) is 4.26. The number of nitrogens with zero attached hydrogens (tertiary/aromatic N) is 1. The number of amides is 1. The van der Waals surface area contributed by atoms with Crippen LogP contribution < -0.4 is 20.1 Å². The lowest BCUT2D eigenvalue weighted by Crippen LogP contribution is -2.37. The Bertz CT molecular complexity index is 1180. The predicted molar refractivity (Wildman–Crippen MR) is 126 cm³/mol. The van der Waals surface area contributed by atoms with Gasteiger partial charge in [-0.1, -0.05) is 19.1 Å². The second-order valence-corrected chi connectivity index (χ2v) is 8.65. The zero-order valence-corrected chi connectivity index (χ0v) is 19.6. The molecule has 2 N–H and O–H groups in total. The van der Waals surface area contributed by atoms with Crippen LogP contribution in [0, 0.1) is 12.8 Å². The summed E-state index contributed by atoms with van der Waals surface area (Å²) >= 11 is 0. The van der Waals surface area contributed by atoms with E-state index >= 15 is 0 Å². The number of ketones is 1. The van der Waals surface area contributed by atoms with E-state index in [1.165, 1.54) is 0 Å². The van der Waals surface area contributed by atoms with Gasteiger partial charge in [-0.2, -0.15) is 0 Å². The van der Waals surface area contributed by atoms with Gasteiger partial charge in [-0.15, -0.1) is 0 Å². The number of nitrogens with one attached hydrogen (secondary N) is 2. The first-order valence-corrected chi connectivity index (χ1v) is 11.0. The third-order valence-electron chi connectivity index (χ3n) is 6.16. The number of hydrogen-bond donors (Lipinski definition) is 2. The first-order chi connectivity index (χ1) is 15.8. The normalized spacial score (nSPS) is 20.2. The van der Waals surface area contributed by atoms with Gasteiger partial charge in [0.25, 0.3) is 5.91 Å². The molecule has 0 spiro atoms. The number of methoxy groups -OCH3 is 2. The molecule has 7 heteroatoms. The number of pyridine rings is 1. The van der Waals surface area contributed by atoms with Crippen LogP contribution in [0.4, 0.5) is 5.82 Å². The number of rotatable bonds is 5. The van der Waals surface area contributed by atoms with Gasteiger partial charge in [0.1, 0.15) is 17.3 Å². The van der Waals surface area contributed by atoms with Crippen molar-refractivity contribution in [2.24, 2.45) is 5.92 Å². The van der Waals surface area contributed by atoms with Crippen LogP contribution in [0.3, 0.4) is 0 Å². The number of ether oxygens (including phenoxy) is 2. The van der Waals surface area contributed by atoms with Gasteiger partial charge in [-0.25, -0.2) is 4.98 Å². The number of carbonyl (C=O) groups is 2.